The van der Waals surface area contributed by atoms with Crippen molar-refractivity contribution in [2.45, 2.75) is 76.1 Å². The monoisotopic (exact) mass is 754 g/mol. The van der Waals surface area contributed by atoms with E-state index in [1.165, 1.54) is 7.05 Å². The highest BCUT2D eigenvalue weighted by Gasteiger charge is 2.57. The van der Waals surface area contributed by atoms with E-state index < -0.39 is 11.7 Å². The number of alkyl carbamates (subject to hydrolysis) is 1. The van der Waals surface area contributed by atoms with Crippen molar-refractivity contribution in [1.82, 2.24) is 40.0 Å². The molecule has 0 spiro atoms. The lowest BCUT2D eigenvalue weighted by Crippen LogP contribution is -2.44. The van der Waals surface area contributed by atoms with Gasteiger partial charge in [0.25, 0.3) is 5.91 Å². The van der Waals surface area contributed by atoms with E-state index in [1.54, 1.807) is 0 Å². The van der Waals surface area contributed by atoms with Crippen molar-refractivity contribution in [3.63, 3.8) is 0 Å². The third kappa shape index (κ3) is 7.21. The molecule has 0 unspecified atom stereocenters. The molecule has 56 heavy (non-hydrogen) atoms. The predicted molar refractivity (Wildman–Crippen MR) is 214 cm³/mol. The lowest BCUT2D eigenvalue weighted by atomic mass is 10.0. The van der Waals surface area contributed by atoms with E-state index in [9.17, 15) is 14.4 Å². The second kappa shape index (κ2) is 15.8. The fourth-order valence-corrected chi connectivity index (χ4v) is 8.45. The molecule has 1 saturated carbocycles. The largest absolute Gasteiger partial charge is 0.433 e. The molecule has 12 nitrogen and oxygen atoms in total. The van der Waals surface area contributed by atoms with Gasteiger partial charge >= 0.3 is 6.09 Å². The Morgan fingerprint density at radius 2 is 1.27 bits per heavy atom. The van der Waals surface area contributed by atoms with Gasteiger partial charge in [-0.15, -0.1) is 0 Å². The summed E-state index contributed by atoms with van der Waals surface area (Å²) in [6, 6.07) is 26.3. The van der Waals surface area contributed by atoms with Crippen LogP contribution in [0.2, 0.25) is 0 Å². The van der Waals surface area contributed by atoms with Crippen LogP contribution in [0.5, 0.6) is 0 Å². The molecular weight excluding hydrogens is 705 g/mol. The Labute approximate surface area is 327 Å². The van der Waals surface area contributed by atoms with Crippen LogP contribution in [0.25, 0.3) is 33.6 Å². The second-order valence-corrected chi connectivity index (χ2v) is 15.0. The molecule has 3 atom stereocenters. The van der Waals surface area contributed by atoms with Crippen molar-refractivity contribution in [3.8, 4) is 33.6 Å². The van der Waals surface area contributed by atoms with Gasteiger partial charge in [0.05, 0.1) is 35.9 Å². The summed E-state index contributed by atoms with van der Waals surface area (Å²) >= 11 is 0. The summed E-state index contributed by atoms with van der Waals surface area (Å²) in [6.45, 7) is 7.14. The number of ether oxygens (including phenoxy) is 1. The van der Waals surface area contributed by atoms with Crippen molar-refractivity contribution >= 4 is 17.9 Å². The van der Waals surface area contributed by atoms with Gasteiger partial charge in [0.2, 0.25) is 5.91 Å². The molecule has 0 radical (unpaired) electrons. The van der Waals surface area contributed by atoms with Crippen LogP contribution in [0.3, 0.4) is 0 Å². The van der Waals surface area contributed by atoms with E-state index in [4.69, 9.17) is 9.72 Å². The number of hydrogen-bond donors (Lipinski definition) is 3. The first-order chi connectivity index (χ1) is 27.3. The van der Waals surface area contributed by atoms with Crippen LogP contribution in [0.1, 0.15) is 87.7 Å². The number of amides is 3. The summed E-state index contributed by atoms with van der Waals surface area (Å²) in [7, 11) is 1.50. The number of carbonyl (C=O) groups excluding carboxylic acids is 3. The molecule has 0 bridgehead atoms. The second-order valence-electron chi connectivity index (χ2n) is 15.0. The first-order valence-electron chi connectivity index (χ1n) is 19.9. The Morgan fingerprint density at radius 3 is 1.77 bits per heavy atom. The Hall–Kier alpha value is -5.75. The van der Waals surface area contributed by atoms with E-state index in [0.717, 1.165) is 96.2 Å². The molecule has 12 heteroatoms. The van der Waals surface area contributed by atoms with Gasteiger partial charge in [-0.2, -0.15) is 0 Å². The number of aromatic nitrogens is 4. The summed E-state index contributed by atoms with van der Waals surface area (Å²) in [5.41, 5.74) is 5.99. The number of rotatable bonds is 12. The van der Waals surface area contributed by atoms with Crippen molar-refractivity contribution in [2.75, 3.05) is 33.2 Å². The number of aromatic amines is 2. The molecule has 3 aliphatic rings. The topological polar surface area (TPSA) is 140 Å². The summed E-state index contributed by atoms with van der Waals surface area (Å²) in [6.07, 6.45) is 7.69. The number of likely N-dealkylation sites (N-methyl/N-ethyl adjacent to an activating group) is 1. The lowest BCUT2D eigenvalue weighted by molar-refractivity contribution is -0.143. The average molecular weight is 755 g/mol. The molecule has 3 amide bonds. The van der Waals surface area contributed by atoms with Crippen LogP contribution in [-0.4, -0.2) is 91.4 Å². The summed E-state index contributed by atoms with van der Waals surface area (Å²) in [5, 5.41) is 2.45. The van der Waals surface area contributed by atoms with Crippen molar-refractivity contribution < 1.29 is 19.1 Å². The molecule has 5 aromatic rings. The summed E-state index contributed by atoms with van der Waals surface area (Å²) in [5.74, 6) is 1.56. The lowest BCUT2D eigenvalue weighted by Gasteiger charge is -2.34. The Morgan fingerprint density at radius 1 is 0.768 bits per heavy atom. The third-order valence-electron chi connectivity index (χ3n) is 11.7. The molecule has 3 aromatic carbocycles. The van der Waals surface area contributed by atoms with E-state index in [-0.39, 0.29) is 29.9 Å². The number of nitrogens with one attached hydrogen (secondary N) is 3. The zero-order chi connectivity index (χ0) is 38.8. The van der Waals surface area contributed by atoms with E-state index in [0.29, 0.717) is 19.4 Å². The molecule has 2 aliphatic heterocycles. The minimum Gasteiger partial charge on any atom is -0.433 e. The number of H-pyrrole nitrogens is 2. The smallest absolute Gasteiger partial charge is 0.407 e. The number of likely N-dealkylation sites (tertiary alicyclic amines) is 2. The molecule has 8 rings (SSSR count). The predicted octanol–water partition coefficient (Wildman–Crippen LogP) is 7.43. The van der Waals surface area contributed by atoms with Crippen LogP contribution in [0, 0.1) is 0 Å². The molecule has 4 heterocycles. The van der Waals surface area contributed by atoms with Crippen LogP contribution in [0.15, 0.2) is 91.3 Å². The maximum Gasteiger partial charge on any atom is 0.407 e. The highest BCUT2D eigenvalue weighted by Crippen LogP contribution is 2.45. The number of hydrogen-bond acceptors (Lipinski definition) is 7. The van der Waals surface area contributed by atoms with Crippen LogP contribution >= 0.6 is 0 Å². The molecule has 2 saturated heterocycles. The Balaban J connectivity index is 0.926. The number of carbonyl (C=O) groups is 3. The molecular formula is C44H50N8O4. The van der Waals surface area contributed by atoms with Gasteiger partial charge < -0.3 is 29.8 Å². The summed E-state index contributed by atoms with van der Waals surface area (Å²) < 4.78 is 5.48. The molecule has 3 N–H and O–H groups in total. The van der Waals surface area contributed by atoms with Gasteiger partial charge in [-0.25, -0.2) is 14.8 Å². The molecule has 2 aromatic heterocycles. The van der Waals surface area contributed by atoms with Crippen molar-refractivity contribution in [3.05, 3.63) is 108 Å². The Kier molecular flexibility index (Phi) is 10.5. The van der Waals surface area contributed by atoms with Gasteiger partial charge in [0.1, 0.15) is 17.7 Å². The van der Waals surface area contributed by atoms with Gasteiger partial charge in [0, 0.05) is 33.0 Å². The number of nitrogens with zero attached hydrogens (tertiary/aromatic N) is 5. The van der Waals surface area contributed by atoms with Crippen LogP contribution < -0.4 is 5.32 Å². The fraction of sp³-hybridized carbons (Fsp3) is 0.386. The Bertz CT molecular complexity index is 2150. The first kappa shape index (κ1) is 37.2. The zero-order valence-electron chi connectivity index (χ0n) is 32.3. The van der Waals surface area contributed by atoms with Gasteiger partial charge in [0.15, 0.2) is 5.60 Å². The molecule has 1 aliphatic carbocycles. The number of benzene rings is 3. The maximum absolute atomic E-state index is 14.2. The van der Waals surface area contributed by atoms with Gasteiger partial charge in [-0.1, -0.05) is 92.7 Å². The minimum absolute atomic E-state index is 0.0916. The molecule has 3 fully saturated rings. The van der Waals surface area contributed by atoms with Crippen molar-refractivity contribution in [2.24, 2.45) is 0 Å². The standard InChI is InChI=1S/C44H50N8O4/c1-4-50(5-2)38(33-11-7-6-8-12-33)41(53)51-25-9-13-36(51)39-46-27-34(48-39)31-19-15-29(16-20-31)30-17-21-32(22-18-30)35-28-47-40(49-35)37-14-10-26-52(37)42(54)44(23-24-44)56-43(55)45-3/h6-8,11-12,15-22,27-28,36-38H,4-5,9-10,13-14,23-26H2,1-3H3,(H,45,55)(H,46,48)(H,47,49)/t36-,37-,38+/m0/s1. The van der Waals surface area contributed by atoms with Gasteiger partial charge in [-0.05, 0) is 66.6 Å². The van der Waals surface area contributed by atoms with E-state index in [2.05, 4.69) is 99.7 Å². The highest BCUT2D eigenvalue weighted by atomic mass is 16.6. The summed E-state index contributed by atoms with van der Waals surface area (Å²) in [4.78, 5) is 62.1. The average Bonchev–Trinajstić information content (AvgIpc) is 3.82. The normalized spacial score (nSPS) is 19.3. The van der Waals surface area contributed by atoms with Crippen LogP contribution in [-0.2, 0) is 14.3 Å². The SMILES string of the molecule is CCN(CC)[C@@H](C(=O)N1CCC[C@H]1c1ncc(-c2ccc(-c3ccc(-c4cnc([C@@H]5CCCN5C(=O)C5(OC(=O)NC)CC5)[nH]4)cc3)cc2)[nH]1)c1ccccc1. The van der Waals surface area contributed by atoms with Gasteiger partial charge in [-0.3, -0.25) is 14.5 Å². The third-order valence-corrected chi connectivity index (χ3v) is 11.7. The van der Waals surface area contributed by atoms with E-state index >= 15 is 0 Å². The first-order valence-corrected chi connectivity index (χ1v) is 19.9. The highest BCUT2D eigenvalue weighted by molar-refractivity contribution is 5.91. The quantitative estimate of drug-likeness (QED) is 0.120. The maximum atomic E-state index is 14.2. The fourth-order valence-electron chi connectivity index (χ4n) is 8.45. The molecule has 290 valence electrons. The van der Waals surface area contributed by atoms with Crippen LogP contribution in [0.4, 0.5) is 4.79 Å². The zero-order valence-corrected chi connectivity index (χ0v) is 32.3. The van der Waals surface area contributed by atoms with Crippen molar-refractivity contribution in [1.29, 1.82) is 0 Å². The van der Waals surface area contributed by atoms with E-state index in [1.807, 2.05) is 40.4 Å². The number of imidazole rings is 2. The minimum atomic E-state index is -1.05.